The molecular weight excluding hydrogens is 246 g/mol. The standard InChI is InChI=1S/C14H21NO2S/c1-10-4-3-5-12(8-10)13(15)9-18(16)14-6-7-17-11(14)2/h3-5,8,11,13-14H,6-7,9,15H2,1-2H3. The van der Waals surface area contributed by atoms with Gasteiger partial charge in [-0.15, -0.1) is 0 Å². The molecule has 0 aromatic heterocycles. The summed E-state index contributed by atoms with van der Waals surface area (Å²) in [5, 5.41) is 0.140. The molecular formula is C14H21NO2S. The number of ether oxygens (including phenoxy) is 1. The molecule has 0 spiro atoms. The Labute approximate surface area is 111 Å². The Morgan fingerprint density at radius 3 is 2.94 bits per heavy atom. The predicted octanol–water partition coefficient (Wildman–Crippen LogP) is 1.92. The van der Waals surface area contributed by atoms with E-state index in [1.165, 1.54) is 5.56 Å². The Hall–Kier alpha value is -0.710. The van der Waals surface area contributed by atoms with Crippen LogP contribution in [0.15, 0.2) is 24.3 Å². The van der Waals surface area contributed by atoms with Gasteiger partial charge in [0.05, 0.1) is 11.4 Å². The van der Waals surface area contributed by atoms with Crippen LogP contribution in [0.2, 0.25) is 0 Å². The lowest BCUT2D eigenvalue weighted by Gasteiger charge is -2.17. The maximum Gasteiger partial charge on any atom is 0.0691 e. The number of benzene rings is 1. The van der Waals surface area contributed by atoms with Gasteiger partial charge in [-0.3, -0.25) is 4.21 Å². The molecule has 0 saturated carbocycles. The van der Waals surface area contributed by atoms with Gasteiger partial charge in [-0.05, 0) is 25.8 Å². The highest BCUT2D eigenvalue weighted by atomic mass is 32.2. The lowest BCUT2D eigenvalue weighted by atomic mass is 10.1. The normalized spacial score (nSPS) is 27.1. The summed E-state index contributed by atoms with van der Waals surface area (Å²) < 4.78 is 17.7. The second kappa shape index (κ2) is 5.95. The molecule has 0 radical (unpaired) electrons. The van der Waals surface area contributed by atoms with E-state index in [1.54, 1.807) is 0 Å². The molecule has 1 aliphatic heterocycles. The van der Waals surface area contributed by atoms with Crippen LogP contribution in [0.5, 0.6) is 0 Å². The van der Waals surface area contributed by atoms with Crippen LogP contribution >= 0.6 is 0 Å². The molecule has 1 aromatic rings. The van der Waals surface area contributed by atoms with Crippen LogP contribution in [0, 0.1) is 6.92 Å². The first-order valence-corrected chi connectivity index (χ1v) is 7.77. The van der Waals surface area contributed by atoms with Crippen molar-refractivity contribution < 1.29 is 8.95 Å². The summed E-state index contributed by atoms with van der Waals surface area (Å²) in [6.45, 7) is 4.76. The molecule has 1 aromatic carbocycles. The van der Waals surface area contributed by atoms with Crippen molar-refractivity contribution in [3.05, 3.63) is 35.4 Å². The van der Waals surface area contributed by atoms with Gasteiger partial charge in [0, 0.05) is 29.2 Å². The van der Waals surface area contributed by atoms with Crippen molar-refractivity contribution in [1.82, 2.24) is 0 Å². The molecule has 1 fully saturated rings. The number of hydrogen-bond donors (Lipinski definition) is 1. The summed E-state index contributed by atoms with van der Waals surface area (Å²) in [6.07, 6.45) is 0.976. The van der Waals surface area contributed by atoms with Crippen molar-refractivity contribution >= 4 is 10.8 Å². The van der Waals surface area contributed by atoms with Crippen LogP contribution in [0.3, 0.4) is 0 Å². The smallest absolute Gasteiger partial charge is 0.0691 e. The predicted molar refractivity (Wildman–Crippen MR) is 74.9 cm³/mol. The summed E-state index contributed by atoms with van der Waals surface area (Å²) in [6, 6.07) is 7.95. The van der Waals surface area contributed by atoms with Crippen LogP contribution < -0.4 is 5.73 Å². The zero-order chi connectivity index (χ0) is 13.1. The maximum atomic E-state index is 12.3. The minimum Gasteiger partial charge on any atom is -0.377 e. The molecule has 1 heterocycles. The van der Waals surface area contributed by atoms with E-state index in [2.05, 4.69) is 6.07 Å². The van der Waals surface area contributed by atoms with Gasteiger partial charge in [0.15, 0.2) is 0 Å². The topological polar surface area (TPSA) is 52.3 Å². The third-order valence-electron chi connectivity index (χ3n) is 3.46. The highest BCUT2D eigenvalue weighted by molar-refractivity contribution is 7.85. The van der Waals surface area contributed by atoms with E-state index in [0.29, 0.717) is 5.75 Å². The van der Waals surface area contributed by atoms with E-state index >= 15 is 0 Å². The Balaban J connectivity index is 1.98. The number of aryl methyl sites for hydroxylation is 1. The summed E-state index contributed by atoms with van der Waals surface area (Å²) in [4.78, 5) is 0. The summed E-state index contributed by atoms with van der Waals surface area (Å²) >= 11 is 0. The van der Waals surface area contributed by atoms with E-state index in [-0.39, 0.29) is 17.4 Å². The van der Waals surface area contributed by atoms with Gasteiger partial charge in [-0.25, -0.2) is 0 Å². The van der Waals surface area contributed by atoms with Crippen LogP contribution in [0.25, 0.3) is 0 Å². The van der Waals surface area contributed by atoms with Gasteiger partial charge < -0.3 is 10.5 Å². The Morgan fingerprint density at radius 2 is 2.33 bits per heavy atom. The van der Waals surface area contributed by atoms with E-state index in [9.17, 15) is 4.21 Å². The molecule has 4 atom stereocenters. The Morgan fingerprint density at radius 1 is 1.56 bits per heavy atom. The number of nitrogens with two attached hydrogens (primary N) is 1. The van der Waals surface area contributed by atoms with Crippen molar-refractivity contribution in [2.45, 2.75) is 37.7 Å². The quantitative estimate of drug-likeness (QED) is 0.907. The fourth-order valence-electron chi connectivity index (χ4n) is 2.35. The first-order chi connectivity index (χ1) is 8.58. The molecule has 0 bridgehead atoms. The first kappa shape index (κ1) is 13.7. The maximum absolute atomic E-state index is 12.3. The van der Waals surface area contributed by atoms with E-state index in [0.717, 1.165) is 18.6 Å². The second-order valence-corrected chi connectivity index (χ2v) is 6.67. The second-order valence-electron chi connectivity index (χ2n) is 4.97. The third-order valence-corrected chi connectivity index (χ3v) is 5.44. The van der Waals surface area contributed by atoms with Crippen molar-refractivity contribution in [2.75, 3.05) is 12.4 Å². The van der Waals surface area contributed by atoms with Crippen molar-refractivity contribution in [2.24, 2.45) is 5.73 Å². The van der Waals surface area contributed by atoms with Crippen LogP contribution in [-0.2, 0) is 15.5 Å². The van der Waals surface area contributed by atoms with Gasteiger partial charge in [-0.2, -0.15) is 0 Å². The number of hydrogen-bond acceptors (Lipinski definition) is 3. The molecule has 0 aliphatic carbocycles. The SMILES string of the molecule is Cc1cccc(C(N)CS(=O)C2CCOC2C)c1. The average molecular weight is 267 g/mol. The van der Waals surface area contributed by atoms with Crippen molar-refractivity contribution in [3.63, 3.8) is 0 Å². The largest absolute Gasteiger partial charge is 0.377 e. The minimum atomic E-state index is -0.913. The first-order valence-electron chi connectivity index (χ1n) is 6.39. The molecule has 3 nitrogen and oxygen atoms in total. The Bertz CT molecular complexity index is 436. The molecule has 0 amide bonds. The van der Waals surface area contributed by atoms with E-state index in [4.69, 9.17) is 10.5 Å². The molecule has 100 valence electrons. The fraction of sp³-hybridized carbons (Fsp3) is 0.571. The molecule has 4 heteroatoms. The van der Waals surface area contributed by atoms with Crippen molar-refractivity contribution in [3.8, 4) is 0 Å². The average Bonchev–Trinajstić information content (AvgIpc) is 2.75. The van der Waals surface area contributed by atoms with Crippen LogP contribution in [0.4, 0.5) is 0 Å². The molecule has 1 saturated heterocycles. The van der Waals surface area contributed by atoms with Crippen LogP contribution in [0.1, 0.15) is 30.5 Å². The molecule has 4 unspecified atom stereocenters. The summed E-state index contributed by atoms with van der Waals surface area (Å²) in [5.41, 5.74) is 8.40. The van der Waals surface area contributed by atoms with Crippen LogP contribution in [-0.4, -0.2) is 27.9 Å². The van der Waals surface area contributed by atoms with Gasteiger partial charge in [0.25, 0.3) is 0 Å². The molecule has 18 heavy (non-hydrogen) atoms. The lowest BCUT2D eigenvalue weighted by molar-refractivity contribution is 0.127. The highest BCUT2D eigenvalue weighted by Crippen LogP contribution is 2.22. The third kappa shape index (κ3) is 3.19. The molecule has 1 aliphatic rings. The minimum absolute atomic E-state index is 0.0931. The summed E-state index contributed by atoms with van der Waals surface area (Å²) in [7, 11) is -0.913. The van der Waals surface area contributed by atoms with Gasteiger partial charge in [0.1, 0.15) is 0 Å². The molecule has 2 N–H and O–H groups in total. The van der Waals surface area contributed by atoms with Gasteiger partial charge >= 0.3 is 0 Å². The fourth-order valence-corrected chi connectivity index (χ4v) is 4.01. The zero-order valence-electron chi connectivity index (χ0n) is 11.0. The van der Waals surface area contributed by atoms with Crippen molar-refractivity contribution in [1.29, 1.82) is 0 Å². The van der Waals surface area contributed by atoms with E-state index in [1.807, 2.05) is 32.0 Å². The van der Waals surface area contributed by atoms with Gasteiger partial charge in [0.2, 0.25) is 0 Å². The molecule has 2 rings (SSSR count). The van der Waals surface area contributed by atoms with Gasteiger partial charge in [-0.1, -0.05) is 29.8 Å². The Kier molecular flexibility index (Phi) is 4.54. The zero-order valence-corrected chi connectivity index (χ0v) is 11.8. The summed E-state index contributed by atoms with van der Waals surface area (Å²) in [5.74, 6) is 0.516. The highest BCUT2D eigenvalue weighted by Gasteiger charge is 2.30. The lowest BCUT2D eigenvalue weighted by Crippen LogP contribution is -2.29. The number of rotatable bonds is 4. The van der Waals surface area contributed by atoms with E-state index < -0.39 is 10.8 Å². The monoisotopic (exact) mass is 267 g/mol.